The number of nitrogens with one attached hydrogen (secondary N) is 2. The van der Waals surface area contributed by atoms with E-state index in [0.717, 1.165) is 11.1 Å². The van der Waals surface area contributed by atoms with Gasteiger partial charge in [-0.05, 0) is 24.6 Å². The lowest BCUT2D eigenvalue weighted by atomic mass is 10.1. The number of rotatable bonds is 4. The van der Waals surface area contributed by atoms with E-state index in [1.807, 2.05) is 31.2 Å². The van der Waals surface area contributed by atoms with E-state index >= 15 is 0 Å². The summed E-state index contributed by atoms with van der Waals surface area (Å²) in [6.45, 7) is 2.42. The lowest BCUT2D eigenvalue weighted by molar-refractivity contribution is -0.124. The second-order valence-electron chi connectivity index (χ2n) is 6.44. The zero-order valence-corrected chi connectivity index (χ0v) is 14.1. The Morgan fingerprint density at radius 3 is 2.77 bits per heavy atom. The predicted octanol–water partition coefficient (Wildman–Crippen LogP) is 1.78. The summed E-state index contributed by atoms with van der Waals surface area (Å²) in [4.78, 5) is 35.2. The normalized spacial score (nSPS) is 16.9. The zero-order valence-electron chi connectivity index (χ0n) is 14.1. The number of carbonyl (C=O) groups excluding carboxylic acids is 2. The molecular weight excluding hydrogens is 334 g/mol. The molecule has 2 amide bonds. The monoisotopic (exact) mass is 351 g/mol. The number of aromatic nitrogens is 1. The number of nitrogens with zero attached hydrogens (tertiary/aromatic N) is 1. The Morgan fingerprint density at radius 1 is 1.19 bits per heavy atom. The molecule has 1 atom stereocenters. The number of hydrogen-bond donors (Lipinski definition) is 2. The minimum absolute atomic E-state index is 0.0924. The molecule has 1 unspecified atom stereocenters. The maximum atomic E-state index is 12.2. The molecule has 3 aromatic rings. The molecule has 2 N–H and O–H groups in total. The van der Waals surface area contributed by atoms with E-state index < -0.39 is 11.8 Å². The van der Waals surface area contributed by atoms with Crippen molar-refractivity contribution in [1.82, 2.24) is 9.88 Å². The van der Waals surface area contributed by atoms with Gasteiger partial charge in [0.25, 0.3) is 0 Å². The van der Waals surface area contributed by atoms with Crippen molar-refractivity contribution in [2.45, 2.75) is 25.9 Å². The summed E-state index contributed by atoms with van der Waals surface area (Å²) < 4.78 is 6.92. The minimum Gasteiger partial charge on any atom is -0.408 e. The molecule has 1 aromatic heterocycles. The van der Waals surface area contributed by atoms with Gasteiger partial charge in [-0.15, -0.1) is 0 Å². The molecule has 0 bridgehead atoms. The van der Waals surface area contributed by atoms with Crippen molar-refractivity contribution in [1.29, 1.82) is 0 Å². The highest BCUT2D eigenvalue weighted by atomic mass is 16.4. The van der Waals surface area contributed by atoms with Crippen LogP contribution in [0.15, 0.2) is 51.7 Å². The summed E-state index contributed by atoms with van der Waals surface area (Å²) in [5, 5.41) is 5.25. The number of hydrogen-bond acceptors (Lipinski definition) is 5. The van der Waals surface area contributed by atoms with Crippen LogP contribution in [0.2, 0.25) is 0 Å². The summed E-state index contributed by atoms with van der Waals surface area (Å²) in [7, 11) is 0. The first kappa shape index (κ1) is 16.1. The molecule has 4 rings (SSSR count). The van der Waals surface area contributed by atoms with Gasteiger partial charge in [-0.3, -0.25) is 19.5 Å². The van der Waals surface area contributed by atoms with E-state index in [2.05, 4.69) is 10.6 Å². The summed E-state index contributed by atoms with van der Waals surface area (Å²) in [6, 6.07) is 12.5. The SMILES string of the molecule is Cc1cccc(Cn2c(=O)oc3cc(NC4CC(=O)NC4=O)ccc32)c1. The molecule has 0 saturated carbocycles. The highest BCUT2D eigenvalue weighted by Gasteiger charge is 2.30. The fourth-order valence-electron chi connectivity index (χ4n) is 3.17. The molecule has 1 aliphatic heterocycles. The summed E-state index contributed by atoms with van der Waals surface area (Å²) in [6.07, 6.45) is 0.0924. The van der Waals surface area contributed by atoms with E-state index in [9.17, 15) is 14.4 Å². The molecule has 1 aliphatic rings. The van der Waals surface area contributed by atoms with Crippen LogP contribution in [0.25, 0.3) is 11.1 Å². The average molecular weight is 351 g/mol. The Balaban J connectivity index is 1.63. The third-order valence-corrected chi connectivity index (χ3v) is 4.40. The first-order chi connectivity index (χ1) is 12.5. The van der Waals surface area contributed by atoms with Crippen LogP contribution in [-0.4, -0.2) is 22.4 Å². The van der Waals surface area contributed by atoms with Crippen LogP contribution in [-0.2, 0) is 16.1 Å². The van der Waals surface area contributed by atoms with Crippen LogP contribution in [0.3, 0.4) is 0 Å². The summed E-state index contributed by atoms with van der Waals surface area (Å²) in [5.74, 6) is -1.09. The molecule has 26 heavy (non-hydrogen) atoms. The van der Waals surface area contributed by atoms with Crippen LogP contribution in [0.5, 0.6) is 0 Å². The van der Waals surface area contributed by atoms with Gasteiger partial charge in [0.1, 0.15) is 6.04 Å². The van der Waals surface area contributed by atoms with Gasteiger partial charge in [0, 0.05) is 11.8 Å². The Labute approximate surface area is 148 Å². The van der Waals surface area contributed by atoms with Crippen LogP contribution in [0, 0.1) is 6.92 Å². The molecule has 0 radical (unpaired) electrons. The summed E-state index contributed by atoms with van der Waals surface area (Å²) in [5.41, 5.74) is 3.85. The molecule has 7 heteroatoms. The molecule has 2 aromatic carbocycles. The van der Waals surface area contributed by atoms with Crippen LogP contribution < -0.4 is 16.4 Å². The van der Waals surface area contributed by atoms with Gasteiger partial charge in [0.2, 0.25) is 11.8 Å². The maximum Gasteiger partial charge on any atom is 0.420 e. The number of imide groups is 1. The molecule has 1 fully saturated rings. The molecule has 7 nitrogen and oxygen atoms in total. The largest absolute Gasteiger partial charge is 0.420 e. The molecule has 0 spiro atoms. The molecule has 2 heterocycles. The fourth-order valence-corrected chi connectivity index (χ4v) is 3.17. The first-order valence-electron chi connectivity index (χ1n) is 8.29. The smallest absolute Gasteiger partial charge is 0.408 e. The van der Waals surface area contributed by atoms with E-state index in [4.69, 9.17) is 4.42 Å². The van der Waals surface area contributed by atoms with Crippen molar-refractivity contribution in [3.63, 3.8) is 0 Å². The Bertz CT molecular complexity index is 1080. The van der Waals surface area contributed by atoms with Crippen LogP contribution in [0.4, 0.5) is 5.69 Å². The molecule has 0 aliphatic carbocycles. The highest BCUT2D eigenvalue weighted by Crippen LogP contribution is 2.21. The van der Waals surface area contributed by atoms with Gasteiger partial charge in [0.05, 0.1) is 18.5 Å². The number of anilines is 1. The van der Waals surface area contributed by atoms with Crippen molar-refractivity contribution < 1.29 is 14.0 Å². The van der Waals surface area contributed by atoms with Gasteiger partial charge in [0.15, 0.2) is 5.58 Å². The third kappa shape index (κ3) is 2.99. The molecule has 1 saturated heterocycles. The van der Waals surface area contributed by atoms with Crippen LogP contribution in [0.1, 0.15) is 17.5 Å². The molecule has 132 valence electrons. The van der Waals surface area contributed by atoms with Gasteiger partial charge in [-0.25, -0.2) is 4.79 Å². The van der Waals surface area contributed by atoms with Gasteiger partial charge in [-0.2, -0.15) is 0 Å². The van der Waals surface area contributed by atoms with Crippen molar-refractivity contribution in [2.24, 2.45) is 0 Å². The Hall–Kier alpha value is -3.35. The lowest BCUT2D eigenvalue weighted by Gasteiger charge is -2.10. The number of amides is 2. The van der Waals surface area contributed by atoms with Gasteiger partial charge < -0.3 is 9.73 Å². The number of carbonyl (C=O) groups is 2. The average Bonchev–Trinajstić information content (AvgIpc) is 3.06. The third-order valence-electron chi connectivity index (χ3n) is 4.40. The molecular formula is C19H17N3O4. The van der Waals surface area contributed by atoms with E-state index in [1.165, 1.54) is 0 Å². The van der Waals surface area contributed by atoms with E-state index in [1.54, 1.807) is 22.8 Å². The van der Waals surface area contributed by atoms with Gasteiger partial charge in [-0.1, -0.05) is 29.8 Å². The lowest BCUT2D eigenvalue weighted by Crippen LogP contribution is -2.29. The van der Waals surface area contributed by atoms with Gasteiger partial charge >= 0.3 is 5.76 Å². The Morgan fingerprint density at radius 2 is 2.04 bits per heavy atom. The van der Waals surface area contributed by atoms with Crippen molar-refractivity contribution in [2.75, 3.05) is 5.32 Å². The minimum atomic E-state index is -0.610. The van der Waals surface area contributed by atoms with Crippen molar-refractivity contribution in [3.05, 3.63) is 64.1 Å². The topological polar surface area (TPSA) is 93.3 Å². The number of oxazole rings is 1. The first-order valence-corrected chi connectivity index (χ1v) is 8.29. The predicted molar refractivity (Wildman–Crippen MR) is 95.9 cm³/mol. The highest BCUT2D eigenvalue weighted by molar-refractivity contribution is 6.06. The quantitative estimate of drug-likeness (QED) is 0.699. The van der Waals surface area contributed by atoms with E-state index in [-0.39, 0.29) is 18.2 Å². The second kappa shape index (κ2) is 6.18. The Kier molecular flexibility index (Phi) is 3.84. The number of aryl methyl sites for hydroxylation is 1. The number of fused-ring (bicyclic) bond motifs is 1. The second-order valence-corrected chi connectivity index (χ2v) is 6.44. The maximum absolute atomic E-state index is 12.2. The van der Waals surface area contributed by atoms with E-state index in [0.29, 0.717) is 23.3 Å². The van der Waals surface area contributed by atoms with Crippen molar-refractivity contribution in [3.8, 4) is 0 Å². The standard InChI is InChI=1S/C19H17N3O4/c1-11-3-2-4-12(7-11)10-22-15-6-5-13(8-16(15)26-19(22)25)20-14-9-17(23)21-18(14)24/h2-8,14,20H,9-10H2,1H3,(H,21,23,24). The fraction of sp³-hybridized carbons (Fsp3) is 0.211. The zero-order chi connectivity index (χ0) is 18.3. The van der Waals surface area contributed by atoms with Crippen molar-refractivity contribution >= 4 is 28.6 Å². The number of benzene rings is 2. The van der Waals surface area contributed by atoms with Crippen LogP contribution >= 0.6 is 0 Å². The summed E-state index contributed by atoms with van der Waals surface area (Å²) >= 11 is 0.